The molecule has 5 heteroatoms. The van der Waals surface area contributed by atoms with Crippen molar-refractivity contribution in [1.29, 1.82) is 0 Å². The van der Waals surface area contributed by atoms with Crippen molar-refractivity contribution in [3.63, 3.8) is 0 Å². The van der Waals surface area contributed by atoms with Crippen LogP contribution >= 0.6 is 0 Å². The predicted octanol–water partition coefficient (Wildman–Crippen LogP) is 1.98. The number of hydrogen-bond acceptors (Lipinski definition) is 3. The number of nitrogens with zero attached hydrogens (tertiary/aromatic N) is 3. The van der Waals surface area contributed by atoms with E-state index in [2.05, 4.69) is 36.1 Å². The third-order valence-electron chi connectivity index (χ3n) is 5.32. The average molecular weight is 329 g/mol. The van der Waals surface area contributed by atoms with Crippen LogP contribution in [0, 0.1) is 5.92 Å². The number of anilines is 1. The Morgan fingerprint density at radius 2 is 1.62 bits per heavy atom. The number of carbonyl (C=O) groups excluding carboxylic acids is 2. The highest BCUT2D eigenvalue weighted by Gasteiger charge is 2.33. The van der Waals surface area contributed by atoms with Gasteiger partial charge in [-0.3, -0.25) is 9.59 Å². The summed E-state index contributed by atoms with van der Waals surface area (Å²) in [7, 11) is 0. The fraction of sp³-hybridized carbons (Fsp3) is 0.579. The number of piperidine rings is 1. The van der Waals surface area contributed by atoms with Crippen LogP contribution in [-0.4, -0.2) is 60.4 Å². The number of rotatable bonds is 2. The number of hydrogen-bond donors (Lipinski definition) is 0. The Balaban J connectivity index is 1.56. The van der Waals surface area contributed by atoms with E-state index < -0.39 is 0 Å². The van der Waals surface area contributed by atoms with E-state index in [1.165, 1.54) is 5.69 Å². The number of piperazine rings is 1. The highest BCUT2D eigenvalue weighted by molar-refractivity contribution is 5.80. The van der Waals surface area contributed by atoms with Crippen LogP contribution in [0.5, 0.6) is 0 Å². The molecule has 3 rings (SSSR count). The van der Waals surface area contributed by atoms with Gasteiger partial charge >= 0.3 is 0 Å². The van der Waals surface area contributed by atoms with Gasteiger partial charge in [-0.1, -0.05) is 18.2 Å². The molecule has 1 unspecified atom stereocenters. The van der Waals surface area contributed by atoms with Gasteiger partial charge in [0.05, 0.1) is 0 Å². The number of para-hydroxylation sites is 1. The summed E-state index contributed by atoms with van der Waals surface area (Å²) in [5.41, 5.74) is 1.23. The summed E-state index contributed by atoms with van der Waals surface area (Å²) in [5, 5.41) is 0. The van der Waals surface area contributed by atoms with Gasteiger partial charge < -0.3 is 14.7 Å². The molecule has 0 aliphatic carbocycles. The second-order valence-electron chi connectivity index (χ2n) is 6.94. The second kappa shape index (κ2) is 7.24. The first-order chi connectivity index (χ1) is 11.6. The van der Waals surface area contributed by atoms with E-state index in [1.54, 1.807) is 6.92 Å². The average Bonchev–Trinajstić information content (AvgIpc) is 2.62. The molecule has 0 spiro atoms. The van der Waals surface area contributed by atoms with E-state index in [-0.39, 0.29) is 17.7 Å². The molecular weight excluding hydrogens is 302 g/mol. The Morgan fingerprint density at radius 3 is 2.21 bits per heavy atom. The van der Waals surface area contributed by atoms with E-state index in [0.717, 1.165) is 32.5 Å². The van der Waals surface area contributed by atoms with Crippen molar-refractivity contribution < 1.29 is 9.59 Å². The van der Waals surface area contributed by atoms with E-state index in [1.807, 2.05) is 15.9 Å². The molecule has 1 atom stereocenters. The summed E-state index contributed by atoms with van der Waals surface area (Å²) < 4.78 is 0. The molecule has 130 valence electrons. The molecule has 2 fully saturated rings. The Hall–Kier alpha value is -2.04. The summed E-state index contributed by atoms with van der Waals surface area (Å²) in [5.74, 6) is 0.472. The maximum atomic E-state index is 12.8. The Labute approximate surface area is 144 Å². The van der Waals surface area contributed by atoms with Gasteiger partial charge in [0.1, 0.15) is 0 Å². The van der Waals surface area contributed by atoms with Crippen LogP contribution in [0.25, 0.3) is 0 Å². The molecule has 2 aliphatic heterocycles. The topological polar surface area (TPSA) is 43.9 Å². The molecule has 0 saturated carbocycles. The largest absolute Gasteiger partial charge is 0.365 e. The first kappa shape index (κ1) is 16.8. The van der Waals surface area contributed by atoms with Gasteiger partial charge in [0.25, 0.3) is 0 Å². The van der Waals surface area contributed by atoms with Crippen molar-refractivity contribution in [2.45, 2.75) is 32.7 Å². The number of carbonyl (C=O) groups is 2. The first-order valence-corrected chi connectivity index (χ1v) is 8.92. The molecule has 1 aromatic rings. The maximum Gasteiger partial charge on any atom is 0.225 e. The molecule has 0 aromatic heterocycles. The summed E-state index contributed by atoms with van der Waals surface area (Å²) >= 11 is 0. The van der Waals surface area contributed by atoms with Crippen LogP contribution in [0.1, 0.15) is 26.7 Å². The van der Waals surface area contributed by atoms with Crippen molar-refractivity contribution in [3.05, 3.63) is 30.3 Å². The highest BCUT2D eigenvalue weighted by atomic mass is 16.2. The molecule has 5 nitrogen and oxygen atoms in total. The van der Waals surface area contributed by atoms with Gasteiger partial charge in [-0.2, -0.15) is 0 Å². The second-order valence-corrected chi connectivity index (χ2v) is 6.94. The van der Waals surface area contributed by atoms with Crippen molar-refractivity contribution >= 4 is 17.5 Å². The van der Waals surface area contributed by atoms with Gasteiger partial charge in [0.15, 0.2) is 0 Å². The molecular formula is C19H27N3O2. The fourth-order valence-corrected chi connectivity index (χ4v) is 3.86. The quantitative estimate of drug-likeness (QED) is 0.833. The zero-order valence-corrected chi connectivity index (χ0v) is 14.6. The van der Waals surface area contributed by atoms with E-state index in [0.29, 0.717) is 19.1 Å². The van der Waals surface area contributed by atoms with Crippen LogP contribution in [0.3, 0.4) is 0 Å². The van der Waals surface area contributed by atoms with E-state index >= 15 is 0 Å². The minimum absolute atomic E-state index is 0.0797. The molecule has 2 heterocycles. The third-order valence-corrected chi connectivity index (χ3v) is 5.32. The zero-order valence-electron chi connectivity index (χ0n) is 14.6. The summed E-state index contributed by atoms with van der Waals surface area (Å²) in [6.45, 7) is 7.66. The van der Waals surface area contributed by atoms with Gasteiger partial charge in [-0.25, -0.2) is 0 Å². The molecule has 24 heavy (non-hydrogen) atoms. The lowest BCUT2D eigenvalue weighted by Crippen LogP contribution is -2.55. The Kier molecular flexibility index (Phi) is 5.07. The standard InChI is InChI=1S/C19H27N3O2/c1-15-14-21(12-13-22(15)18-6-4-3-5-7-18)19(24)17-8-10-20(11-9-17)16(2)23/h3-7,15,17H,8-14H2,1-2H3. The van der Waals surface area contributed by atoms with Crippen molar-refractivity contribution in [2.24, 2.45) is 5.92 Å². The lowest BCUT2D eigenvalue weighted by atomic mass is 9.94. The lowest BCUT2D eigenvalue weighted by molar-refractivity contribution is -0.140. The molecule has 2 saturated heterocycles. The van der Waals surface area contributed by atoms with Gasteiger partial charge in [0, 0.05) is 57.3 Å². The Morgan fingerprint density at radius 1 is 0.958 bits per heavy atom. The van der Waals surface area contributed by atoms with E-state index in [4.69, 9.17) is 0 Å². The van der Waals surface area contributed by atoms with Crippen LogP contribution in [0.2, 0.25) is 0 Å². The SMILES string of the molecule is CC(=O)N1CCC(C(=O)N2CCN(c3ccccc3)C(C)C2)CC1. The van der Waals surface area contributed by atoms with Crippen molar-refractivity contribution in [3.8, 4) is 0 Å². The molecule has 0 N–H and O–H groups in total. The molecule has 1 aromatic carbocycles. The van der Waals surface area contributed by atoms with Gasteiger partial charge in [-0.15, -0.1) is 0 Å². The number of benzene rings is 1. The fourth-order valence-electron chi connectivity index (χ4n) is 3.86. The molecule has 2 amide bonds. The van der Waals surface area contributed by atoms with Crippen LogP contribution in [0.15, 0.2) is 30.3 Å². The Bertz CT molecular complexity index is 582. The molecule has 2 aliphatic rings. The number of likely N-dealkylation sites (tertiary alicyclic amines) is 1. The first-order valence-electron chi connectivity index (χ1n) is 8.92. The highest BCUT2D eigenvalue weighted by Crippen LogP contribution is 2.24. The van der Waals surface area contributed by atoms with Crippen LogP contribution < -0.4 is 4.90 Å². The smallest absolute Gasteiger partial charge is 0.225 e. The van der Waals surface area contributed by atoms with Crippen molar-refractivity contribution in [1.82, 2.24) is 9.80 Å². The van der Waals surface area contributed by atoms with Crippen LogP contribution in [-0.2, 0) is 9.59 Å². The maximum absolute atomic E-state index is 12.8. The monoisotopic (exact) mass is 329 g/mol. The minimum Gasteiger partial charge on any atom is -0.365 e. The van der Waals surface area contributed by atoms with Gasteiger partial charge in [-0.05, 0) is 31.9 Å². The number of amides is 2. The predicted molar refractivity (Wildman–Crippen MR) is 94.8 cm³/mol. The third kappa shape index (κ3) is 3.55. The van der Waals surface area contributed by atoms with E-state index in [9.17, 15) is 9.59 Å². The lowest BCUT2D eigenvalue weighted by Gasteiger charge is -2.43. The molecule has 0 radical (unpaired) electrons. The van der Waals surface area contributed by atoms with Gasteiger partial charge in [0.2, 0.25) is 11.8 Å². The summed E-state index contributed by atoms with van der Waals surface area (Å²) in [6, 6.07) is 10.7. The zero-order chi connectivity index (χ0) is 17.1. The van der Waals surface area contributed by atoms with Crippen LogP contribution in [0.4, 0.5) is 5.69 Å². The summed E-state index contributed by atoms with van der Waals surface area (Å²) in [4.78, 5) is 30.5. The minimum atomic E-state index is 0.0797. The van der Waals surface area contributed by atoms with Crippen molar-refractivity contribution in [2.75, 3.05) is 37.6 Å². The summed E-state index contributed by atoms with van der Waals surface area (Å²) in [6.07, 6.45) is 1.59. The normalized spacial score (nSPS) is 22.6. The molecule has 0 bridgehead atoms.